The molecule has 0 aliphatic carbocycles. The highest BCUT2D eigenvalue weighted by atomic mass is 16.3. The molecule has 0 spiro atoms. The maximum absolute atomic E-state index is 13.4. The van der Waals surface area contributed by atoms with Crippen LogP contribution in [0.5, 0.6) is 11.5 Å². The maximum atomic E-state index is 13.4. The third-order valence-corrected chi connectivity index (χ3v) is 5.67. The van der Waals surface area contributed by atoms with Crippen molar-refractivity contribution >= 4 is 0 Å². The van der Waals surface area contributed by atoms with Gasteiger partial charge in [-0.25, -0.2) is 0 Å². The maximum Gasteiger partial charge on any atom is 0.258 e. The molecule has 0 aliphatic heterocycles. The second-order valence-electron chi connectivity index (χ2n) is 7.77. The number of aliphatic hydroxyl groups is 2. The van der Waals surface area contributed by atoms with Gasteiger partial charge < -0.3 is 29.6 Å². The van der Waals surface area contributed by atoms with Gasteiger partial charge in [-0.15, -0.1) is 0 Å². The van der Waals surface area contributed by atoms with Gasteiger partial charge in [0.2, 0.25) is 0 Å². The first-order valence-corrected chi connectivity index (χ1v) is 10.4. The zero-order valence-corrected chi connectivity index (χ0v) is 18.2. The number of aryl methyl sites for hydroxylation is 2. The number of aliphatic hydroxyl groups excluding tert-OH is 2. The second kappa shape index (κ2) is 9.84. The molecule has 0 unspecified atom stereocenters. The smallest absolute Gasteiger partial charge is 0.258 e. The fourth-order valence-corrected chi connectivity index (χ4v) is 4.15. The summed E-state index contributed by atoms with van der Waals surface area (Å²) in [5.41, 5.74) is 0.610. The monoisotopic (exact) mass is 440 g/mol. The first-order chi connectivity index (χ1) is 15.3. The molecular weight excluding hydrogens is 412 g/mol. The lowest BCUT2D eigenvalue weighted by Crippen LogP contribution is -2.33. The van der Waals surface area contributed by atoms with E-state index in [9.17, 15) is 30.0 Å². The molecule has 0 amide bonds. The van der Waals surface area contributed by atoms with Crippen molar-refractivity contribution in [3.63, 3.8) is 0 Å². The predicted molar refractivity (Wildman–Crippen MR) is 120 cm³/mol. The fraction of sp³-hybridized carbons (Fsp3) is 0.333. The molecule has 0 aliphatic rings. The first-order valence-electron chi connectivity index (χ1n) is 10.4. The minimum absolute atomic E-state index is 0.0281. The zero-order valence-electron chi connectivity index (χ0n) is 18.2. The molecule has 0 bridgehead atoms. The van der Waals surface area contributed by atoms with E-state index < -0.39 is 17.0 Å². The minimum Gasteiger partial charge on any atom is -0.507 e. The lowest BCUT2D eigenvalue weighted by Gasteiger charge is -2.23. The highest BCUT2D eigenvalue weighted by Gasteiger charge is 2.29. The van der Waals surface area contributed by atoms with E-state index in [1.807, 2.05) is 30.3 Å². The number of benzene rings is 1. The summed E-state index contributed by atoms with van der Waals surface area (Å²) in [5, 5.41) is 40.3. The second-order valence-corrected chi connectivity index (χ2v) is 7.77. The van der Waals surface area contributed by atoms with E-state index in [1.165, 1.54) is 21.3 Å². The molecule has 8 nitrogen and oxygen atoms in total. The molecule has 0 radical (unpaired) electrons. The average molecular weight is 440 g/mol. The van der Waals surface area contributed by atoms with Crippen molar-refractivity contribution in [3.8, 4) is 11.5 Å². The van der Waals surface area contributed by atoms with E-state index in [2.05, 4.69) is 0 Å². The minimum atomic E-state index is -0.950. The van der Waals surface area contributed by atoms with Crippen LogP contribution in [0.4, 0.5) is 0 Å². The Morgan fingerprint density at radius 1 is 0.781 bits per heavy atom. The number of aromatic hydroxyl groups is 2. The third-order valence-electron chi connectivity index (χ3n) is 5.67. The number of aromatic nitrogens is 2. The van der Waals surface area contributed by atoms with Crippen LogP contribution in [0.3, 0.4) is 0 Å². The van der Waals surface area contributed by atoms with Crippen molar-refractivity contribution in [2.24, 2.45) is 0 Å². The molecule has 2 heterocycles. The molecule has 32 heavy (non-hydrogen) atoms. The lowest BCUT2D eigenvalue weighted by molar-refractivity contribution is 0.271. The van der Waals surface area contributed by atoms with Gasteiger partial charge in [-0.2, -0.15) is 0 Å². The van der Waals surface area contributed by atoms with Gasteiger partial charge in [-0.1, -0.05) is 30.3 Å². The Labute approximate surface area is 185 Å². The van der Waals surface area contributed by atoms with Gasteiger partial charge in [0, 0.05) is 30.4 Å². The number of rotatable bonds is 8. The summed E-state index contributed by atoms with van der Waals surface area (Å²) in [5.74, 6) is -1.51. The van der Waals surface area contributed by atoms with E-state index >= 15 is 0 Å². The molecule has 3 rings (SSSR count). The topological polar surface area (TPSA) is 125 Å². The van der Waals surface area contributed by atoms with E-state index in [0.29, 0.717) is 11.4 Å². The summed E-state index contributed by atoms with van der Waals surface area (Å²) in [6.45, 7) is 2.81. The van der Waals surface area contributed by atoms with Gasteiger partial charge in [0.1, 0.15) is 11.5 Å². The van der Waals surface area contributed by atoms with Crippen LogP contribution in [0.25, 0.3) is 0 Å². The number of nitrogens with zero attached hydrogens (tertiary/aromatic N) is 2. The van der Waals surface area contributed by atoms with E-state index in [1.54, 1.807) is 13.8 Å². The van der Waals surface area contributed by atoms with Crippen LogP contribution in [0.1, 0.15) is 34.0 Å². The van der Waals surface area contributed by atoms with Crippen molar-refractivity contribution in [2.75, 3.05) is 13.2 Å². The summed E-state index contributed by atoms with van der Waals surface area (Å²) in [6, 6.07) is 12.0. The molecule has 1 aromatic carbocycles. The zero-order chi connectivity index (χ0) is 23.4. The third kappa shape index (κ3) is 4.46. The van der Waals surface area contributed by atoms with Crippen LogP contribution in [-0.4, -0.2) is 42.8 Å². The number of pyridine rings is 2. The molecule has 0 saturated heterocycles. The quantitative estimate of drug-likeness (QED) is 0.420. The first kappa shape index (κ1) is 23.3. The molecule has 2 aromatic heterocycles. The summed E-state index contributed by atoms with van der Waals surface area (Å²) in [7, 11) is 0. The van der Waals surface area contributed by atoms with Gasteiger partial charge >= 0.3 is 0 Å². The molecule has 0 fully saturated rings. The van der Waals surface area contributed by atoms with Gasteiger partial charge in [-0.3, -0.25) is 9.59 Å². The summed E-state index contributed by atoms with van der Waals surface area (Å²) < 4.78 is 2.68. The Kier molecular flexibility index (Phi) is 7.17. The highest BCUT2D eigenvalue weighted by Crippen LogP contribution is 2.35. The molecular formula is C24H28N2O6. The molecule has 4 N–H and O–H groups in total. The van der Waals surface area contributed by atoms with Crippen LogP contribution >= 0.6 is 0 Å². The Morgan fingerprint density at radius 2 is 1.22 bits per heavy atom. The van der Waals surface area contributed by atoms with Gasteiger partial charge in [0.05, 0.1) is 24.3 Å². The SMILES string of the molecule is Cc1cc(O)c(C(Cc2ccccc2)c2c(O)cc(C)n(CCO)c2=O)c(=O)n1CCO. The Bertz CT molecular complexity index is 1140. The normalized spacial score (nSPS) is 11.3. The molecule has 3 aromatic rings. The van der Waals surface area contributed by atoms with Crippen molar-refractivity contribution in [3.05, 3.63) is 91.3 Å². The van der Waals surface area contributed by atoms with Crippen molar-refractivity contribution < 1.29 is 20.4 Å². The Morgan fingerprint density at radius 3 is 1.62 bits per heavy atom. The number of hydrogen-bond acceptors (Lipinski definition) is 6. The average Bonchev–Trinajstić information content (AvgIpc) is 2.74. The van der Waals surface area contributed by atoms with Crippen LogP contribution in [0, 0.1) is 13.8 Å². The van der Waals surface area contributed by atoms with E-state index in [0.717, 1.165) is 5.56 Å². The van der Waals surface area contributed by atoms with Crippen molar-refractivity contribution in [1.82, 2.24) is 9.13 Å². The largest absolute Gasteiger partial charge is 0.507 e. The van der Waals surface area contributed by atoms with Crippen LogP contribution in [0.2, 0.25) is 0 Å². The standard InChI is InChI=1S/C24H28N2O6/c1-15-12-19(29)21(23(31)25(15)8-10-27)18(14-17-6-4-3-5-7-17)22-20(30)13-16(2)26(9-11-28)24(22)32/h3-7,12-13,18,27-30H,8-11,14H2,1-2H3. The highest BCUT2D eigenvalue weighted by molar-refractivity contribution is 5.47. The van der Waals surface area contributed by atoms with Gasteiger partial charge in [0.15, 0.2) is 0 Å². The molecule has 8 heteroatoms. The predicted octanol–water partition coefficient (Wildman–Crippen LogP) is 1.40. The van der Waals surface area contributed by atoms with Gasteiger partial charge in [0.25, 0.3) is 11.1 Å². The van der Waals surface area contributed by atoms with Crippen molar-refractivity contribution in [2.45, 2.75) is 39.3 Å². The summed E-state index contributed by atoms with van der Waals surface area (Å²) in [6.07, 6.45) is 0.177. The fourth-order valence-electron chi connectivity index (χ4n) is 4.15. The Hall–Kier alpha value is -3.36. The molecule has 0 atom stereocenters. The molecule has 0 saturated carbocycles. The van der Waals surface area contributed by atoms with E-state index in [4.69, 9.17) is 0 Å². The van der Waals surface area contributed by atoms with E-state index in [-0.39, 0.29) is 55.4 Å². The van der Waals surface area contributed by atoms with Crippen LogP contribution in [0.15, 0.2) is 52.1 Å². The van der Waals surface area contributed by atoms with Crippen molar-refractivity contribution in [1.29, 1.82) is 0 Å². The molecule has 170 valence electrons. The number of hydrogen-bond donors (Lipinski definition) is 4. The summed E-state index contributed by atoms with van der Waals surface area (Å²) >= 11 is 0. The Balaban J connectivity index is 2.34. The van der Waals surface area contributed by atoms with Gasteiger partial charge in [-0.05, 0) is 38.0 Å². The van der Waals surface area contributed by atoms with Crippen LogP contribution < -0.4 is 11.1 Å². The lowest BCUT2D eigenvalue weighted by atomic mass is 9.85. The summed E-state index contributed by atoms with van der Waals surface area (Å²) in [4.78, 5) is 26.7. The van der Waals surface area contributed by atoms with Crippen LogP contribution in [-0.2, 0) is 19.5 Å².